The lowest BCUT2D eigenvalue weighted by Crippen LogP contribution is -2.26. The molecule has 2 aliphatic rings. The zero-order chi connectivity index (χ0) is 25.0. The van der Waals surface area contributed by atoms with Crippen molar-refractivity contribution in [1.82, 2.24) is 4.98 Å². The van der Waals surface area contributed by atoms with Crippen molar-refractivity contribution in [3.8, 4) is 0 Å². The lowest BCUT2D eigenvalue weighted by molar-refractivity contribution is 0.618. The maximum atomic E-state index is 9.94. The molecule has 0 radical (unpaired) electrons. The molecule has 7 rings (SSSR count). The highest BCUT2D eigenvalue weighted by atomic mass is 31.2. The molecule has 37 heavy (non-hydrogen) atoms. The SMILES string of the molecule is Cc1cc2c3c4c(cccc14)CCC3CC=C2c1cccc(P(=N)(c2ccccc2)c2ccccn2)c1. The Morgan fingerprint density at radius 2 is 1.65 bits per heavy atom. The van der Waals surface area contributed by atoms with E-state index in [1.54, 1.807) is 5.56 Å². The zero-order valence-electron chi connectivity index (χ0n) is 21.0. The summed E-state index contributed by atoms with van der Waals surface area (Å²) in [5.41, 5.74) is 9.15. The number of hydrogen-bond donors (Lipinski definition) is 1. The normalized spacial score (nSPS) is 17.8. The van der Waals surface area contributed by atoms with E-state index < -0.39 is 7.05 Å². The molecule has 5 aromatic rings. The molecule has 0 saturated heterocycles. The predicted molar refractivity (Wildman–Crippen MR) is 157 cm³/mol. The molecule has 180 valence electrons. The van der Waals surface area contributed by atoms with Crippen LogP contribution in [0.1, 0.15) is 46.6 Å². The number of aryl methyl sites for hydroxylation is 2. The Hall–Kier alpha value is -3.74. The Kier molecular flexibility index (Phi) is 5.27. The van der Waals surface area contributed by atoms with Crippen LogP contribution >= 0.6 is 7.05 Å². The molecule has 1 aromatic heterocycles. The van der Waals surface area contributed by atoms with E-state index in [0.717, 1.165) is 22.5 Å². The van der Waals surface area contributed by atoms with Crippen molar-refractivity contribution in [2.45, 2.75) is 32.1 Å². The first kappa shape index (κ1) is 22.5. The van der Waals surface area contributed by atoms with Crippen LogP contribution in [-0.4, -0.2) is 4.98 Å². The summed E-state index contributed by atoms with van der Waals surface area (Å²) in [6.45, 7) is 2.25. The van der Waals surface area contributed by atoms with Crippen LogP contribution in [0, 0.1) is 12.1 Å². The summed E-state index contributed by atoms with van der Waals surface area (Å²) in [5.74, 6) is 0.598. The Morgan fingerprint density at radius 3 is 2.49 bits per heavy atom. The Bertz CT molecular complexity index is 1690. The van der Waals surface area contributed by atoms with Crippen LogP contribution in [0.15, 0.2) is 109 Å². The fourth-order valence-corrected chi connectivity index (χ4v) is 9.10. The minimum Gasteiger partial charge on any atom is -0.303 e. The van der Waals surface area contributed by atoms with Crippen molar-refractivity contribution in [2.75, 3.05) is 0 Å². The number of nitrogens with zero attached hydrogens (tertiary/aromatic N) is 1. The zero-order valence-corrected chi connectivity index (χ0v) is 21.9. The maximum absolute atomic E-state index is 9.94. The predicted octanol–water partition coefficient (Wildman–Crippen LogP) is 7.46. The highest BCUT2D eigenvalue weighted by Crippen LogP contribution is 2.49. The molecular formula is C34H29N2P. The largest absolute Gasteiger partial charge is 0.303 e. The summed E-state index contributed by atoms with van der Waals surface area (Å²) in [6, 6.07) is 34.2. The molecule has 0 saturated carbocycles. The van der Waals surface area contributed by atoms with Crippen LogP contribution in [-0.2, 0) is 6.42 Å². The number of benzene rings is 4. The van der Waals surface area contributed by atoms with Gasteiger partial charge < -0.3 is 5.16 Å². The van der Waals surface area contributed by atoms with E-state index in [1.165, 1.54) is 51.4 Å². The van der Waals surface area contributed by atoms with E-state index in [4.69, 9.17) is 4.98 Å². The molecule has 0 spiro atoms. The van der Waals surface area contributed by atoms with E-state index in [1.807, 2.05) is 42.6 Å². The van der Waals surface area contributed by atoms with E-state index in [-0.39, 0.29) is 0 Å². The van der Waals surface area contributed by atoms with Gasteiger partial charge in [0, 0.05) is 16.8 Å². The van der Waals surface area contributed by atoms with Gasteiger partial charge in [0.2, 0.25) is 0 Å². The summed E-state index contributed by atoms with van der Waals surface area (Å²) in [6.07, 6.45) is 7.75. The van der Waals surface area contributed by atoms with Gasteiger partial charge in [0.1, 0.15) is 0 Å². The molecule has 0 amide bonds. The molecule has 2 aliphatic carbocycles. The molecule has 0 fully saturated rings. The molecule has 1 heterocycles. The third kappa shape index (κ3) is 3.47. The standard InChI is InChI=1S/C34H29N2P/c1-23-21-31-30(19-18-25-17-16-24-9-8-14-29(23)33(24)34(25)31)26-10-7-13-28(22-26)37(35,27-11-3-2-4-12-27)32-15-5-6-20-36-32/h2-15,19-22,25,35H,16-18H2,1H3. The highest BCUT2D eigenvalue weighted by Gasteiger charge is 2.31. The summed E-state index contributed by atoms with van der Waals surface area (Å²) in [7, 11) is -2.63. The molecule has 2 unspecified atom stereocenters. The number of nitrogens with one attached hydrogen (secondary N) is 1. The van der Waals surface area contributed by atoms with Gasteiger partial charge in [-0.05, 0) is 94.5 Å². The summed E-state index contributed by atoms with van der Waals surface area (Å²) in [4.78, 5) is 4.70. The minimum atomic E-state index is -2.63. The van der Waals surface area contributed by atoms with Crippen LogP contribution in [0.3, 0.4) is 0 Å². The second-order valence-corrected chi connectivity index (χ2v) is 13.2. The molecule has 0 bridgehead atoms. The van der Waals surface area contributed by atoms with Gasteiger partial charge >= 0.3 is 0 Å². The van der Waals surface area contributed by atoms with Crippen LogP contribution in [0.4, 0.5) is 0 Å². The van der Waals surface area contributed by atoms with Crippen molar-refractivity contribution in [2.24, 2.45) is 0 Å². The number of allylic oxidation sites excluding steroid dienone is 1. The van der Waals surface area contributed by atoms with Gasteiger partial charge in [-0.25, -0.2) is 0 Å². The van der Waals surface area contributed by atoms with Crippen molar-refractivity contribution in [3.63, 3.8) is 0 Å². The summed E-state index contributed by atoms with van der Waals surface area (Å²) < 4.78 is 0. The first-order valence-electron chi connectivity index (χ1n) is 13.1. The third-order valence-electron chi connectivity index (χ3n) is 8.24. The van der Waals surface area contributed by atoms with Crippen molar-refractivity contribution >= 4 is 39.4 Å². The second kappa shape index (κ2) is 8.68. The minimum absolute atomic E-state index is 0.598. The number of aromatic nitrogens is 1. The Labute approximate surface area is 218 Å². The van der Waals surface area contributed by atoms with Gasteiger partial charge in [-0.3, -0.25) is 4.98 Å². The number of hydrogen-bond acceptors (Lipinski definition) is 2. The first-order valence-corrected chi connectivity index (χ1v) is 14.9. The molecule has 0 aliphatic heterocycles. The van der Waals surface area contributed by atoms with E-state index in [9.17, 15) is 5.16 Å². The summed E-state index contributed by atoms with van der Waals surface area (Å²) >= 11 is 0. The second-order valence-electron chi connectivity index (χ2n) is 10.3. The van der Waals surface area contributed by atoms with Crippen molar-refractivity contribution < 1.29 is 0 Å². The quantitative estimate of drug-likeness (QED) is 0.258. The molecular weight excluding hydrogens is 467 g/mol. The van der Waals surface area contributed by atoms with Crippen molar-refractivity contribution in [1.29, 1.82) is 5.16 Å². The molecule has 3 heteroatoms. The lowest BCUT2D eigenvalue weighted by Gasteiger charge is -2.33. The molecule has 4 aromatic carbocycles. The van der Waals surface area contributed by atoms with Gasteiger partial charge in [-0.2, -0.15) is 0 Å². The Balaban J connectivity index is 1.43. The fraction of sp³-hybridized carbons (Fsp3) is 0.147. The van der Waals surface area contributed by atoms with Crippen LogP contribution < -0.4 is 16.0 Å². The van der Waals surface area contributed by atoms with E-state index in [2.05, 4.69) is 73.7 Å². The van der Waals surface area contributed by atoms with E-state index in [0.29, 0.717) is 5.92 Å². The third-order valence-corrected chi connectivity index (χ3v) is 11.3. The van der Waals surface area contributed by atoms with Crippen molar-refractivity contribution in [3.05, 3.63) is 137 Å². The lowest BCUT2D eigenvalue weighted by atomic mass is 9.71. The topological polar surface area (TPSA) is 36.7 Å². The van der Waals surface area contributed by atoms with Crippen LogP contribution in [0.25, 0.3) is 16.3 Å². The maximum Gasteiger partial charge on any atom is 0.0879 e. The first-order chi connectivity index (χ1) is 18.1. The molecule has 2 atom stereocenters. The monoisotopic (exact) mass is 496 g/mol. The van der Waals surface area contributed by atoms with E-state index >= 15 is 0 Å². The van der Waals surface area contributed by atoms with Gasteiger partial charge in [0.15, 0.2) is 0 Å². The number of pyridine rings is 1. The summed E-state index contributed by atoms with van der Waals surface area (Å²) in [5, 5.41) is 14.9. The highest BCUT2D eigenvalue weighted by molar-refractivity contribution is 7.86. The smallest absolute Gasteiger partial charge is 0.0879 e. The van der Waals surface area contributed by atoms with Gasteiger partial charge in [-0.15, -0.1) is 0 Å². The van der Waals surface area contributed by atoms with Crippen LogP contribution in [0.2, 0.25) is 0 Å². The van der Waals surface area contributed by atoms with Crippen LogP contribution in [0.5, 0.6) is 0 Å². The van der Waals surface area contributed by atoms with Gasteiger partial charge in [-0.1, -0.05) is 84.9 Å². The average Bonchev–Trinajstić information content (AvgIpc) is 2.97. The average molecular weight is 497 g/mol. The van der Waals surface area contributed by atoms with Gasteiger partial charge in [0.25, 0.3) is 0 Å². The fourth-order valence-electron chi connectivity index (χ4n) is 6.46. The molecule has 1 N–H and O–H groups in total. The molecule has 2 nitrogen and oxygen atoms in total. The Morgan fingerprint density at radius 1 is 0.838 bits per heavy atom. The van der Waals surface area contributed by atoms with Gasteiger partial charge in [0.05, 0.1) is 12.5 Å². The number of rotatable bonds is 4.